The first-order chi connectivity index (χ1) is 9.33. The van der Waals surface area contributed by atoms with E-state index in [4.69, 9.17) is 0 Å². The molecule has 1 aliphatic heterocycles. The third-order valence-corrected chi connectivity index (χ3v) is 4.28. The van der Waals surface area contributed by atoms with Crippen LogP contribution in [0.2, 0.25) is 0 Å². The normalized spacial score (nSPS) is 14.0. The number of carbonyl (C=O) groups excluding carboxylic acids is 1. The van der Waals surface area contributed by atoms with Crippen molar-refractivity contribution in [3.05, 3.63) is 52.0 Å². The van der Waals surface area contributed by atoms with Crippen molar-refractivity contribution < 1.29 is 4.79 Å². The predicted octanol–water partition coefficient (Wildman–Crippen LogP) is 2.41. The van der Waals surface area contributed by atoms with Crippen LogP contribution >= 0.6 is 11.3 Å². The van der Waals surface area contributed by atoms with Gasteiger partial charge >= 0.3 is 6.03 Å². The van der Waals surface area contributed by atoms with E-state index < -0.39 is 0 Å². The number of urea groups is 1. The van der Waals surface area contributed by atoms with Crippen molar-refractivity contribution in [3.8, 4) is 0 Å². The zero-order valence-electron chi connectivity index (χ0n) is 10.5. The van der Waals surface area contributed by atoms with E-state index in [1.54, 1.807) is 23.7 Å². The molecule has 3 rings (SSSR count). The van der Waals surface area contributed by atoms with Crippen LogP contribution in [-0.2, 0) is 19.5 Å². The molecule has 0 atom stereocenters. The van der Waals surface area contributed by atoms with Crippen molar-refractivity contribution in [1.29, 1.82) is 0 Å². The Morgan fingerprint density at radius 3 is 3.26 bits per heavy atom. The van der Waals surface area contributed by atoms with Crippen LogP contribution < -0.4 is 5.32 Å². The fourth-order valence-corrected chi connectivity index (χ4v) is 3.10. The summed E-state index contributed by atoms with van der Waals surface area (Å²) >= 11 is 1.78. The number of hydrogen-bond acceptors (Lipinski definition) is 3. The lowest BCUT2D eigenvalue weighted by Gasteiger charge is -2.27. The molecule has 2 aromatic heterocycles. The molecule has 98 valence electrons. The van der Waals surface area contributed by atoms with Gasteiger partial charge in [0.25, 0.3) is 0 Å². The fourth-order valence-electron chi connectivity index (χ4n) is 2.21. The summed E-state index contributed by atoms with van der Waals surface area (Å²) in [4.78, 5) is 19.4. The molecule has 2 aromatic rings. The van der Waals surface area contributed by atoms with E-state index in [2.05, 4.69) is 21.7 Å². The number of carbonyl (C=O) groups is 1. The molecule has 0 saturated heterocycles. The second-order valence-corrected chi connectivity index (χ2v) is 5.56. The molecule has 5 heteroatoms. The highest BCUT2D eigenvalue weighted by Gasteiger charge is 2.20. The molecule has 4 nitrogen and oxygen atoms in total. The van der Waals surface area contributed by atoms with Gasteiger partial charge in [-0.3, -0.25) is 4.98 Å². The van der Waals surface area contributed by atoms with E-state index in [1.807, 2.05) is 17.0 Å². The van der Waals surface area contributed by atoms with Gasteiger partial charge in [-0.1, -0.05) is 6.07 Å². The summed E-state index contributed by atoms with van der Waals surface area (Å²) in [5.74, 6) is 0. The third kappa shape index (κ3) is 2.76. The number of pyridine rings is 1. The maximum atomic E-state index is 12.1. The predicted molar refractivity (Wildman–Crippen MR) is 74.9 cm³/mol. The standard InChI is InChI=1S/C14H15N3OS/c18-14(16-9-11-2-1-5-15-8-11)17-6-3-13-12(10-17)4-7-19-13/h1-2,4-5,7-8H,3,6,9-10H2,(H,16,18). The molecule has 3 heterocycles. The molecular weight excluding hydrogens is 258 g/mol. The molecule has 1 aliphatic rings. The fraction of sp³-hybridized carbons (Fsp3) is 0.286. The molecule has 0 unspecified atom stereocenters. The molecule has 0 aromatic carbocycles. The first kappa shape index (κ1) is 12.2. The van der Waals surface area contributed by atoms with Gasteiger partial charge in [0.2, 0.25) is 0 Å². The molecule has 0 spiro atoms. The quantitative estimate of drug-likeness (QED) is 0.913. The zero-order valence-corrected chi connectivity index (χ0v) is 11.3. The SMILES string of the molecule is O=C(NCc1cccnc1)N1CCc2sccc2C1. The topological polar surface area (TPSA) is 45.2 Å². The van der Waals surface area contributed by atoms with Gasteiger partial charge in [0.05, 0.1) is 0 Å². The van der Waals surface area contributed by atoms with Crippen LogP contribution in [0.1, 0.15) is 16.0 Å². The molecule has 19 heavy (non-hydrogen) atoms. The van der Waals surface area contributed by atoms with E-state index in [-0.39, 0.29) is 6.03 Å². The second-order valence-electron chi connectivity index (χ2n) is 4.56. The van der Waals surface area contributed by atoms with Gasteiger partial charge in [-0.15, -0.1) is 11.3 Å². The molecule has 0 bridgehead atoms. The third-order valence-electron chi connectivity index (χ3n) is 3.26. The molecule has 0 aliphatic carbocycles. The molecule has 0 radical (unpaired) electrons. The number of nitrogens with one attached hydrogen (secondary N) is 1. The van der Waals surface area contributed by atoms with E-state index in [0.717, 1.165) is 25.1 Å². The highest BCUT2D eigenvalue weighted by molar-refractivity contribution is 7.10. The van der Waals surface area contributed by atoms with E-state index in [0.29, 0.717) is 6.54 Å². The summed E-state index contributed by atoms with van der Waals surface area (Å²) in [5.41, 5.74) is 2.30. The average Bonchev–Trinajstić information content (AvgIpc) is 2.93. The molecule has 2 amide bonds. The Balaban J connectivity index is 1.57. The highest BCUT2D eigenvalue weighted by atomic mass is 32.1. The number of amides is 2. The van der Waals surface area contributed by atoms with E-state index >= 15 is 0 Å². The van der Waals surface area contributed by atoms with Gasteiger partial charge in [-0.2, -0.15) is 0 Å². The summed E-state index contributed by atoms with van der Waals surface area (Å²) in [6, 6.07) is 5.95. The number of rotatable bonds is 2. The van der Waals surface area contributed by atoms with Crippen LogP contribution in [0.3, 0.4) is 0 Å². The van der Waals surface area contributed by atoms with Crippen LogP contribution in [0.4, 0.5) is 4.79 Å². The van der Waals surface area contributed by atoms with Crippen LogP contribution in [0, 0.1) is 0 Å². The second kappa shape index (κ2) is 5.40. The van der Waals surface area contributed by atoms with Gasteiger partial charge in [0.1, 0.15) is 0 Å². The monoisotopic (exact) mass is 273 g/mol. The van der Waals surface area contributed by atoms with Crippen molar-refractivity contribution in [2.45, 2.75) is 19.5 Å². The lowest BCUT2D eigenvalue weighted by atomic mass is 10.1. The molecule has 0 saturated carbocycles. The first-order valence-corrected chi connectivity index (χ1v) is 7.18. The maximum absolute atomic E-state index is 12.1. The Kier molecular flexibility index (Phi) is 3.46. The lowest BCUT2D eigenvalue weighted by Crippen LogP contribution is -2.42. The first-order valence-electron chi connectivity index (χ1n) is 6.30. The number of nitrogens with zero attached hydrogens (tertiary/aromatic N) is 2. The van der Waals surface area contributed by atoms with Crippen molar-refractivity contribution in [1.82, 2.24) is 15.2 Å². The Morgan fingerprint density at radius 1 is 1.47 bits per heavy atom. The van der Waals surface area contributed by atoms with Crippen LogP contribution in [0.15, 0.2) is 36.0 Å². The zero-order chi connectivity index (χ0) is 13.1. The number of hydrogen-bond donors (Lipinski definition) is 1. The molecule has 1 N–H and O–H groups in total. The van der Waals surface area contributed by atoms with Gasteiger partial charge in [0.15, 0.2) is 0 Å². The van der Waals surface area contributed by atoms with E-state index in [1.165, 1.54) is 10.4 Å². The maximum Gasteiger partial charge on any atom is 0.317 e. The van der Waals surface area contributed by atoms with Gasteiger partial charge in [-0.25, -0.2) is 4.79 Å². The van der Waals surface area contributed by atoms with Gasteiger partial charge in [-0.05, 0) is 35.1 Å². The Labute approximate surface area is 116 Å². The van der Waals surface area contributed by atoms with Crippen molar-refractivity contribution >= 4 is 17.4 Å². The Bertz CT molecular complexity index is 567. The lowest BCUT2D eigenvalue weighted by molar-refractivity contribution is 0.192. The van der Waals surface area contributed by atoms with Crippen LogP contribution in [0.25, 0.3) is 0 Å². The summed E-state index contributed by atoms with van der Waals surface area (Å²) in [5, 5.41) is 5.04. The number of aromatic nitrogens is 1. The summed E-state index contributed by atoms with van der Waals surface area (Å²) in [6.45, 7) is 2.05. The molecule has 0 fully saturated rings. The summed E-state index contributed by atoms with van der Waals surface area (Å²) < 4.78 is 0. The summed E-state index contributed by atoms with van der Waals surface area (Å²) in [7, 11) is 0. The minimum atomic E-state index is 0.000651. The molecular formula is C14H15N3OS. The summed E-state index contributed by atoms with van der Waals surface area (Å²) in [6.07, 6.45) is 4.47. The van der Waals surface area contributed by atoms with Crippen LogP contribution in [-0.4, -0.2) is 22.5 Å². The van der Waals surface area contributed by atoms with Crippen LogP contribution in [0.5, 0.6) is 0 Å². The van der Waals surface area contributed by atoms with Gasteiger partial charge < -0.3 is 10.2 Å². The number of fused-ring (bicyclic) bond motifs is 1. The highest BCUT2D eigenvalue weighted by Crippen LogP contribution is 2.23. The van der Waals surface area contributed by atoms with Gasteiger partial charge in [0, 0.05) is 36.9 Å². The van der Waals surface area contributed by atoms with Crippen molar-refractivity contribution in [2.75, 3.05) is 6.54 Å². The number of thiophene rings is 1. The Morgan fingerprint density at radius 2 is 2.42 bits per heavy atom. The van der Waals surface area contributed by atoms with E-state index in [9.17, 15) is 4.79 Å². The Hall–Kier alpha value is -1.88. The van der Waals surface area contributed by atoms with Crippen molar-refractivity contribution in [2.24, 2.45) is 0 Å². The smallest absolute Gasteiger partial charge is 0.317 e. The largest absolute Gasteiger partial charge is 0.334 e. The minimum absolute atomic E-state index is 0.000651. The average molecular weight is 273 g/mol. The van der Waals surface area contributed by atoms with Crippen molar-refractivity contribution in [3.63, 3.8) is 0 Å². The minimum Gasteiger partial charge on any atom is -0.334 e.